The van der Waals surface area contributed by atoms with Crippen LogP contribution in [0.4, 0.5) is 0 Å². The van der Waals surface area contributed by atoms with Crippen LogP contribution in [-0.2, 0) is 15.5 Å². The van der Waals surface area contributed by atoms with Crippen LogP contribution in [-0.4, -0.2) is 33.6 Å². The lowest BCUT2D eigenvalue weighted by Gasteiger charge is -2.01. The molecule has 4 N–H and O–H groups in total. The maximum atomic E-state index is 10.1. The van der Waals surface area contributed by atoms with Gasteiger partial charge in [0.25, 0.3) is 0 Å². The molecule has 0 aliphatic rings. The first kappa shape index (κ1) is 22.3. The average Bonchev–Trinajstić information content (AvgIpc) is 2.44. The molecule has 0 saturated heterocycles. The standard InChI is InChI=1S/C12H26O3S.C2H7NO/c1-2-3-4-5-6-7-8-9-10-11-12-15-16(13)14;3-1-2-4/h2-12H2,1H3,(H,13,14);4H,1-3H2. The summed E-state index contributed by atoms with van der Waals surface area (Å²) in [5, 5.41) is 7.75. The number of aliphatic hydroxyl groups excluding tert-OH is 1. The molecule has 0 heterocycles. The highest BCUT2D eigenvalue weighted by Gasteiger charge is 1.94. The molecule has 1 atom stereocenters. The van der Waals surface area contributed by atoms with Crippen LogP contribution in [0.1, 0.15) is 71.1 Å². The third-order valence-electron chi connectivity index (χ3n) is 2.81. The van der Waals surface area contributed by atoms with Crippen molar-refractivity contribution in [3.05, 3.63) is 0 Å². The Morgan fingerprint density at radius 2 is 1.35 bits per heavy atom. The molecule has 0 aromatic rings. The van der Waals surface area contributed by atoms with E-state index in [0.717, 1.165) is 12.8 Å². The van der Waals surface area contributed by atoms with Gasteiger partial charge in [-0.25, -0.2) is 0 Å². The van der Waals surface area contributed by atoms with Crippen LogP contribution < -0.4 is 5.73 Å². The van der Waals surface area contributed by atoms with E-state index in [0.29, 0.717) is 13.2 Å². The molecule has 0 amide bonds. The molecule has 0 spiro atoms. The lowest BCUT2D eigenvalue weighted by atomic mass is 10.1. The fourth-order valence-electron chi connectivity index (χ4n) is 1.72. The Kier molecular flexibility index (Phi) is 23.7. The molecule has 6 heteroatoms. The van der Waals surface area contributed by atoms with Crippen molar-refractivity contribution in [2.45, 2.75) is 71.1 Å². The quantitative estimate of drug-likeness (QED) is 0.359. The number of rotatable bonds is 13. The predicted molar refractivity (Wildman–Crippen MR) is 84.7 cm³/mol. The second-order valence-corrected chi connectivity index (χ2v) is 5.40. The van der Waals surface area contributed by atoms with Crippen molar-refractivity contribution in [1.29, 1.82) is 0 Å². The van der Waals surface area contributed by atoms with E-state index in [1.807, 2.05) is 0 Å². The first-order valence-electron chi connectivity index (χ1n) is 7.74. The lowest BCUT2D eigenvalue weighted by Crippen LogP contribution is -2.02. The van der Waals surface area contributed by atoms with Crippen LogP contribution in [0, 0.1) is 0 Å². The maximum Gasteiger partial charge on any atom is 0.301 e. The largest absolute Gasteiger partial charge is 0.395 e. The number of unbranched alkanes of at least 4 members (excludes halogenated alkanes) is 9. The van der Waals surface area contributed by atoms with E-state index in [1.165, 1.54) is 51.4 Å². The summed E-state index contributed by atoms with van der Waals surface area (Å²) < 4.78 is 23.0. The van der Waals surface area contributed by atoms with Crippen LogP contribution >= 0.6 is 0 Å². The van der Waals surface area contributed by atoms with E-state index in [-0.39, 0.29) is 6.61 Å². The molecule has 0 aromatic heterocycles. The fourth-order valence-corrected chi connectivity index (χ4v) is 1.98. The second kappa shape index (κ2) is 21.3. The summed E-state index contributed by atoms with van der Waals surface area (Å²) in [6.07, 6.45) is 12.6. The van der Waals surface area contributed by atoms with E-state index in [1.54, 1.807) is 0 Å². The molecular formula is C14H33NO4S. The highest BCUT2D eigenvalue weighted by atomic mass is 32.2. The summed E-state index contributed by atoms with van der Waals surface area (Å²) in [7, 11) is 0. The van der Waals surface area contributed by atoms with Crippen LogP contribution in [0.5, 0.6) is 0 Å². The molecule has 20 heavy (non-hydrogen) atoms. The van der Waals surface area contributed by atoms with Gasteiger partial charge in [0.15, 0.2) is 0 Å². The van der Waals surface area contributed by atoms with Gasteiger partial charge in [0, 0.05) is 6.54 Å². The van der Waals surface area contributed by atoms with Gasteiger partial charge in [0.2, 0.25) is 0 Å². The van der Waals surface area contributed by atoms with Crippen molar-refractivity contribution in [2.75, 3.05) is 19.8 Å². The molecule has 0 aromatic carbocycles. The van der Waals surface area contributed by atoms with Crippen LogP contribution in [0.3, 0.4) is 0 Å². The van der Waals surface area contributed by atoms with Gasteiger partial charge in [0.05, 0.1) is 13.2 Å². The summed E-state index contributed by atoms with van der Waals surface area (Å²) in [5.41, 5.74) is 4.78. The third-order valence-corrected chi connectivity index (χ3v) is 3.18. The Morgan fingerprint density at radius 1 is 0.950 bits per heavy atom. The van der Waals surface area contributed by atoms with Crippen molar-refractivity contribution in [2.24, 2.45) is 5.73 Å². The molecule has 0 saturated carbocycles. The third kappa shape index (κ3) is 26.5. The fraction of sp³-hybridized carbons (Fsp3) is 1.00. The Hall–Kier alpha value is -0.0100. The monoisotopic (exact) mass is 311 g/mol. The molecule has 0 aliphatic heterocycles. The van der Waals surface area contributed by atoms with Gasteiger partial charge in [-0.2, -0.15) is 4.21 Å². The highest BCUT2D eigenvalue weighted by molar-refractivity contribution is 7.74. The zero-order valence-corrected chi connectivity index (χ0v) is 13.7. The van der Waals surface area contributed by atoms with E-state index in [9.17, 15) is 4.21 Å². The summed E-state index contributed by atoms with van der Waals surface area (Å²) in [5.74, 6) is 0. The van der Waals surface area contributed by atoms with Gasteiger partial charge in [-0.15, -0.1) is 0 Å². The number of nitrogens with two attached hydrogens (primary N) is 1. The Morgan fingerprint density at radius 3 is 1.70 bits per heavy atom. The molecular weight excluding hydrogens is 278 g/mol. The molecule has 0 bridgehead atoms. The minimum Gasteiger partial charge on any atom is -0.395 e. The molecule has 0 rings (SSSR count). The van der Waals surface area contributed by atoms with Crippen molar-refractivity contribution in [3.8, 4) is 0 Å². The maximum absolute atomic E-state index is 10.1. The minimum atomic E-state index is -2.08. The van der Waals surface area contributed by atoms with Gasteiger partial charge in [-0.1, -0.05) is 64.7 Å². The Labute approximate surface area is 126 Å². The SMILES string of the molecule is CCCCCCCCCCCCOS(=O)O.NCCO. The van der Waals surface area contributed by atoms with Gasteiger partial charge in [0.1, 0.15) is 0 Å². The molecule has 0 aliphatic carbocycles. The van der Waals surface area contributed by atoms with Gasteiger partial charge in [-0.05, 0) is 6.42 Å². The van der Waals surface area contributed by atoms with Gasteiger partial charge in [-0.3, -0.25) is 8.74 Å². The zero-order valence-electron chi connectivity index (χ0n) is 12.9. The summed E-state index contributed by atoms with van der Waals surface area (Å²) >= 11 is -2.08. The van der Waals surface area contributed by atoms with Gasteiger partial charge < -0.3 is 10.8 Å². The highest BCUT2D eigenvalue weighted by Crippen LogP contribution is 2.10. The smallest absolute Gasteiger partial charge is 0.301 e. The Bertz CT molecular complexity index is 192. The number of hydrogen-bond acceptors (Lipinski definition) is 4. The molecule has 0 radical (unpaired) electrons. The van der Waals surface area contributed by atoms with Crippen molar-refractivity contribution in [1.82, 2.24) is 0 Å². The van der Waals surface area contributed by atoms with Crippen molar-refractivity contribution >= 4 is 11.4 Å². The van der Waals surface area contributed by atoms with E-state index in [2.05, 4.69) is 11.1 Å². The molecule has 0 fully saturated rings. The van der Waals surface area contributed by atoms with Crippen LogP contribution in [0.2, 0.25) is 0 Å². The lowest BCUT2D eigenvalue weighted by molar-refractivity contribution is 0.296. The van der Waals surface area contributed by atoms with E-state index >= 15 is 0 Å². The Balaban J connectivity index is 0. The first-order valence-corrected chi connectivity index (χ1v) is 8.77. The van der Waals surface area contributed by atoms with Crippen molar-refractivity contribution < 1.29 is 18.1 Å². The normalized spacial score (nSPS) is 11.8. The number of aliphatic hydroxyl groups is 1. The summed E-state index contributed by atoms with van der Waals surface area (Å²) in [6, 6.07) is 0. The van der Waals surface area contributed by atoms with E-state index in [4.69, 9.17) is 15.4 Å². The topological polar surface area (TPSA) is 92.8 Å². The van der Waals surface area contributed by atoms with Crippen molar-refractivity contribution in [3.63, 3.8) is 0 Å². The van der Waals surface area contributed by atoms with Crippen LogP contribution in [0.15, 0.2) is 0 Å². The summed E-state index contributed by atoms with van der Waals surface area (Å²) in [4.78, 5) is 0. The zero-order chi connectivity index (χ0) is 15.5. The molecule has 5 nitrogen and oxygen atoms in total. The minimum absolute atomic E-state index is 0.0972. The molecule has 124 valence electrons. The van der Waals surface area contributed by atoms with Gasteiger partial charge >= 0.3 is 11.4 Å². The van der Waals surface area contributed by atoms with E-state index < -0.39 is 11.4 Å². The second-order valence-electron chi connectivity index (χ2n) is 4.73. The number of hydrogen-bond donors (Lipinski definition) is 3. The first-order chi connectivity index (χ1) is 9.68. The van der Waals surface area contributed by atoms with Crippen LogP contribution in [0.25, 0.3) is 0 Å². The predicted octanol–water partition coefficient (Wildman–Crippen LogP) is 3.00. The molecule has 1 unspecified atom stereocenters. The summed E-state index contributed by atoms with van der Waals surface area (Å²) in [6.45, 7) is 3.11. The average molecular weight is 311 g/mol.